The fraction of sp³-hybridized carbons (Fsp3) is 0.565. The Morgan fingerprint density at radius 1 is 1.06 bits per heavy atom. The molecule has 0 heterocycles. The van der Waals surface area contributed by atoms with Crippen LogP contribution in [0.2, 0.25) is 0 Å². The highest BCUT2D eigenvalue weighted by atomic mass is 32.2. The average molecular weight is 451 g/mol. The van der Waals surface area contributed by atoms with Gasteiger partial charge in [0.2, 0.25) is 15.9 Å². The van der Waals surface area contributed by atoms with Crippen LogP contribution in [0, 0.1) is 11.8 Å². The zero-order valence-electron chi connectivity index (χ0n) is 18.8. The molecule has 172 valence electrons. The van der Waals surface area contributed by atoms with Crippen LogP contribution in [0.5, 0.6) is 0 Å². The molecule has 0 spiro atoms. The van der Waals surface area contributed by atoms with E-state index in [-0.39, 0.29) is 23.8 Å². The number of rotatable bonds is 9. The lowest BCUT2D eigenvalue weighted by molar-refractivity contribution is -0.138. The summed E-state index contributed by atoms with van der Waals surface area (Å²) in [6, 6.07) is 7.12. The number of benzene rings is 1. The van der Waals surface area contributed by atoms with Crippen LogP contribution in [0.15, 0.2) is 30.3 Å². The van der Waals surface area contributed by atoms with Crippen LogP contribution in [0.3, 0.4) is 0 Å². The van der Waals surface area contributed by atoms with Crippen molar-refractivity contribution >= 4 is 33.7 Å². The van der Waals surface area contributed by atoms with E-state index in [9.17, 15) is 18.0 Å². The van der Waals surface area contributed by atoms with Crippen LogP contribution in [-0.4, -0.2) is 38.2 Å². The maximum Gasteiger partial charge on any atom is 0.330 e. The number of carbonyl (C=O) groups is 2. The third-order valence-electron chi connectivity index (χ3n) is 5.20. The number of sulfonamides is 1. The molecular formula is C23H34N2O5S. The van der Waals surface area contributed by atoms with Crippen molar-refractivity contribution in [2.24, 2.45) is 11.8 Å². The lowest BCUT2D eigenvalue weighted by Crippen LogP contribution is -2.42. The third-order valence-corrected chi connectivity index (χ3v) is 7.10. The number of nitrogens with one attached hydrogen (secondary N) is 2. The summed E-state index contributed by atoms with van der Waals surface area (Å²) in [5, 5.41) is 2.46. The monoisotopic (exact) mass is 450 g/mol. The quantitative estimate of drug-likeness (QED) is 0.441. The number of esters is 1. The standard InChI is InChI=1S/C23H34N2O5S/c1-16(2)15-30-22(26)14-7-18-5-10-20(11-6-18)24-23(27)19-8-12-21(13-9-19)25-31(28,29)17(3)4/h5-7,10-11,14,16-17,19,21,25H,8-9,12-13,15H2,1-4H3,(H,24,27)/b14-7+. The van der Waals surface area contributed by atoms with Crippen molar-refractivity contribution in [1.29, 1.82) is 0 Å². The molecule has 2 rings (SSSR count). The number of hydrogen-bond acceptors (Lipinski definition) is 5. The van der Waals surface area contributed by atoms with Crippen LogP contribution in [0.1, 0.15) is 58.9 Å². The minimum atomic E-state index is -3.29. The van der Waals surface area contributed by atoms with Gasteiger partial charge in [-0.3, -0.25) is 4.79 Å². The van der Waals surface area contributed by atoms with Gasteiger partial charge in [0, 0.05) is 23.7 Å². The maximum absolute atomic E-state index is 12.6. The second-order valence-electron chi connectivity index (χ2n) is 8.73. The van der Waals surface area contributed by atoms with Gasteiger partial charge >= 0.3 is 5.97 Å². The van der Waals surface area contributed by atoms with E-state index in [0.717, 1.165) is 5.56 Å². The van der Waals surface area contributed by atoms with Gasteiger partial charge in [-0.1, -0.05) is 26.0 Å². The lowest BCUT2D eigenvalue weighted by atomic mass is 9.86. The van der Waals surface area contributed by atoms with E-state index in [1.165, 1.54) is 6.08 Å². The van der Waals surface area contributed by atoms with Gasteiger partial charge in [0.15, 0.2) is 0 Å². The SMILES string of the molecule is CC(C)COC(=O)/C=C/c1ccc(NC(=O)C2CCC(NS(=O)(=O)C(C)C)CC2)cc1. The van der Waals surface area contributed by atoms with E-state index < -0.39 is 15.3 Å². The Balaban J connectivity index is 1.81. The molecule has 7 nitrogen and oxygen atoms in total. The summed E-state index contributed by atoms with van der Waals surface area (Å²) < 4.78 is 31.8. The Morgan fingerprint density at radius 3 is 2.23 bits per heavy atom. The topological polar surface area (TPSA) is 102 Å². The van der Waals surface area contributed by atoms with Crippen LogP contribution in [0.25, 0.3) is 6.08 Å². The molecule has 0 saturated heterocycles. The fourth-order valence-electron chi connectivity index (χ4n) is 3.22. The molecule has 1 amide bonds. The van der Waals surface area contributed by atoms with Crippen LogP contribution >= 0.6 is 0 Å². The van der Waals surface area contributed by atoms with Gasteiger partial charge in [-0.2, -0.15) is 0 Å². The van der Waals surface area contributed by atoms with Crippen molar-refractivity contribution in [3.63, 3.8) is 0 Å². The number of carbonyl (C=O) groups excluding carboxylic acids is 2. The zero-order valence-corrected chi connectivity index (χ0v) is 19.6. The molecule has 1 aromatic rings. The number of amides is 1. The molecule has 1 saturated carbocycles. The second-order valence-corrected chi connectivity index (χ2v) is 11.0. The van der Waals surface area contributed by atoms with Crippen LogP contribution in [0.4, 0.5) is 5.69 Å². The minimum Gasteiger partial charge on any atom is -0.462 e. The fourth-order valence-corrected chi connectivity index (χ4v) is 4.20. The molecule has 0 atom stereocenters. The Kier molecular flexibility index (Phi) is 9.25. The molecule has 0 aromatic heterocycles. The predicted molar refractivity (Wildman–Crippen MR) is 123 cm³/mol. The Hall–Kier alpha value is -2.19. The van der Waals surface area contributed by atoms with Crippen LogP contribution in [-0.2, 0) is 24.3 Å². The van der Waals surface area contributed by atoms with Crippen molar-refractivity contribution in [2.45, 2.75) is 64.7 Å². The van der Waals surface area contributed by atoms with Crippen molar-refractivity contribution < 1.29 is 22.7 Å². The van der Waals surface area contributed by atoms with E-state index in [4.69, 9.17) is 4.74 Å². The van der Waals surface area contributed by atoms with E-state index >= 15 is 0 Å². The first-order valence-corrected chi connectivity index (χ1v) is 12.4. The average Bonchev–Trinajstić information content (AvgIpc) is 2.71. The smallest absolute Gasteiger partial charge is 0.330 e. The summed E-state index contributed by atoms with van der Waals surface area (Å²) in [7, 11) is -3.29. The molecule has 1 fully saturated rings. The maximum atomic E-state index is 12.6. The van der Waals surface area contributed by atoms with E-state index in [1.54, 1.807) is 32.1 Å². The lowest BCUT2D eigenvalue weighted by Gasteiger charge is -2.28. The van der Waals surface area contributed by atoms with Gasteiger partial charge < -0.3 is 10.1 Å². The first-order valence-electron chi connectivity index (χ1n) is 10.8. The highest BCUT2D eigenvalue weighted by Crippen LogP contribution is 2.26. The summed E-state index contributed by atoms with van der Waals surface area (Å²) in [5.74, 6) is -0.266. The number of ether oxygens (including phenoxy) is 1. The normalized spacial score (nSPS) is 19.7. The van der Waals surface area contributed by atoms with Crippen molar-refractivity contribution in [2.75, 3.05) is 11.9 Å². The molecule has 1 aliphatic carbocycles. The Labute approximate surface area is 185 Å². The summed E-state index contributed by atoms with van der Waals surface area (Å²) in [6.07, 6.45) is 5.67. The first kappa shape index (κ1) is 25.1. The summed E-state index contributed by atoms with van der Waals surface area (Å²) >= 11 is 0. The van der Waals surface area contributed by atoms with Crippen LogP contribution < -0.4 is 10.0 Å². The molecule has 0 bridgehead atoms. The summed E-state index contributed by atoms with van der Waals surface area (Å²) in [5.41, 5.74) is 1.52. The molecule has 0 unspecified atom stereocenters. The first-order chi connectivity index (χ1) is 14.6. The molecule has 1 aliphatic rings. The Morgan fingerprint density at radius 2 is 1.68 bits per heavy atom. The highest BCUT2D eigenvalue weighted by molar-refractivity contribution is 7.90. The summed E-state index contributed by atoms with van der Waals surface area (Å²) in [4.78, 5) is 24.2. The molecule has 0 aliphatic heterocycles. The molecule has 8 heteroatoms. The van der Waals surface area contributed by atoms with E-state index in [2.05, 4.69) is 10.0 Å². The van der Waals surface area contributed by atoms with Gasteiger partial charge in [-0.25, -0.2) is 17.9 Å². The molecule has 1 aromatic carbocycles. The van der Waals surface area contributed by atoms with E-state index in [1.807, 2.05) is 26.0 Å². The highest BCUT2D eigenvalue weighted by Gasteiger charge is 2.29. The molecule has 2 N–H and O–H groups in total. The van der Waals surface area contributed by atoms with Crippen molar-refractivity contribution in [3.05, 3.63) is 35.9 Å². The number of anilines is 1. The minimum absolute atomic E-state index is 0.0503. The third kappa shape index (κ3) is 8.45. The van der Waals surface area contributed by atoms with Gasteiger partial charge in [0.05, 0.1) is 11.9 Å². The van der Waals surface area contributed by atoms with Gasteiger partial charge in [-0.15, -0.1) is 0 Å². The largest absolute Gasteiger partial charge is 0.462 e. The Bertz CT molecular complexity index is 868. The van der Waals surface area contributed by atoms with Gasteiger partial charge in [0.1, 0.15) is 0 Å². The van der Waals surface area contributed by atoms with E-state index in [0.29, 0.717) is 43.9 Å². The van der Waals surface area contributed by atoms with Crippen molar-refractivity contribution in [1.82, 2.24) is 4.72 Å². The van der Waals surface area contributed by atoms with Gasteiger partial charge in [-0.05, 0) is 69.2 Å². The predicted octanol–water partition coefficient (Wildman–Crippen LogP) is 3.72. The summed E-state index contributed by atoms with van der Waals surface area (Å²) in [6.45, 7) is 7.65. The second kappa shape index (κ2) is 11.4. The molecule has 31 heavy (non-hydrogen) atoms. The molecular weight excluding hydrogens is 416 g/mol. The van der Waals surface area contributed by atoms with Gasteiger partial charge in [0.25, 0.3) is 0 Å². The molecule has 0 radical (unpaired) electrons. The van der Waals surface area contributed by atoms with Crippen molar-refractivity contribution in [3.8, 4) is 0 Å². The number of hydrogen-bond donors (Lipinski definition) is 2. The zero-order chi connectivity index (χ0) is 23.0.